The maximum atomic E-state index is 12.3. The van der Waals surface area contributed by atoms with Crippen LogP contribution in [-0.4, -0.2) is 37.3 Å². The lowest BCUT2D eigenvalue weighted by atomic mass is 9.87. The summed E-state index contributed by atoms with van der Waals surface area (Å²) in [7, 11) is 0. The Bertz CT molecular complexity index is 215. The Hall–Kier alpha value is -0.290. The number of alkyl halides is 3. The van der Waals surface area contributed by atoms with Crippen LogP contribution in [0.3, 0.4) is 0 Å². The topological polar surface area (TPSA) is 29.3 Å². The van der Waals surface area contributed by atoms with Crippen LogP contribution in [0.25, 0.3) is 0 Å². The van der Waals surface area contributed by atoms with Crippen molar-refractivity contribution < 1.29 is 13.2 Å². The summed E-state index contributed by atoms with van der Waals surface area (Å²) in [5.41, 5.74) is 5.72. The highest BCUT2D eigenvalue weighted by Gasteiger charge is 2.30. The summed E-state index contributed by atoms with van der Waals surface area (Å²) in [6.07, 6.45) is -0.632. The van der Waals surface area contributed by atoms with E-state index in [2.05, 4.69) is 13.8 Å². The Morgan fingerprint density at radius 3 is 2.11 bits per heavy atom. The van der Waals surface area contributed by atoms with Gasteiger partial charge in [-0.2, -0.15) is 13.2 Å². The molecule has 0 aliphatic carbocycles. The summed E-state index contributed by atoms with van der Waals surface area (Å²) >= 11 is 0. The Morgan fingerprint density at radius 2 is 1.67 bits per heavy atom. The number of nitrogens with two attached hydrogens (primary N) is 1. The van der Waals surface area contributed by atoms with Gasteiger partial charge in [-0.15, -0.1) is 0 Å². The highest BCUT2D eigenvalue weighted by Crippen LogP contribution is 2.22. The van der Waals surface area contributed by atoms with Gasteiger partial charge in [-0.25, -0.2) is 0 Å². The fourth-order valence-electron chi connectivity index (χ4n) is 1.88. The summed E-state index contributed by atoms with van der Waals surface area (Å²) in [6.45, 7) is 6.95. The minimum absolute atomic E-state index is 0.0968. The van der Waals surface area contributed by atoms with Gasteiger partial charge in [-0.3, -0.25) is 4.90 Å². The SMILES string of the molecule is CCCN(CCCCC(C)(C)CN)CC(F)(F)F. The van der Waals surface area contributed by atoms with Crippen molar-refractivity contribution in [2.45, 2.75) is 52.6 Å². The van der Waals surface area contributed by atoms with E-state index in [1.165, 1.54) is 4.90 Å². The lowest BCUT2D eigenvalue weighted by molar-refractivity contribution is -0.146. The first-order chi connectivity index (χ1) is 8.20. The summed E-state index contributed by atoms with van der Waals surface area (Å²) in [5.74, 6) is 0. The highest BCUT2D eigenvalue weighted by molar-refractivity contribution is 4.70. The van der Waals surface area contributed by atoms with Crippen LogP contribution in [0.4, 0.5) is 13.2 Å². The van der Waals surface area contributed by atoms with Gasteiger partial charge in [0.05, 0.1) is 6.54 Å². The molecule has 0 aliphatic rings. The Labute approximate surface area is 109 Å². The van der Waals surface area contributed by atoms with Crippen molar-refractivity contribution in [3.05, 3.63) is 0 Å². The molecule has 0 saturated heterocycles. The summed E-state index contributed by atoms with van der Waals surface area (Å²) in [5, 5.41) is 0. The molecular formula is C13H27F3N2. The fraction of sp³-hybridized carbons (Fsp3) is 1.00. The second-order valence-corrected chi connectivity index (χ2v) is 5.72. The van der Waals surface area contributed by atoms with Gasteiger partial charge in [0.2, 0.25) is 0 Å². The third-order valence-electron chi connectivity index (χ3n) is 3.07. The van der Waals surface area contributed by atoms with Crippen LogP contribution in [-0.2, 0) is 0 Å². The van der Waals surface area contributed by atoms with E-state index in [1.54, 1.807) is 0 Å². The van der Waals surface area contributed by atoms with E-state index in [1.807, 2.05) is 6.92 Å². The van der Waals surface area contributed by atoms with Crippen molar-refractivity contribution in [2.75, 3.05) is 26.2 Å². The van der Waals surface area contributed by atoms with E-state index in [0.29, 0.717) is 19.6 Å². The van der Waals surface area contributed by atoms with Gasteiger partial charge in [0.25, 0.3) is 0 Å². The lowest BCUT2D eigenvalue weighted by Gasteiger charge is -2.25. The lowest BCUT2D eigenvalue weighted by Crippen LogP contribution is -2.35. The molecule has 2 nitrogen and oxygen atoms in total. The normalized spacial score (nSPS) is 13.3. The van der Waals surface area contributed by atoms with Crippen LogP contribution in [0.2, 0.25) is 0 Å². The largest absolute Gasteiger partial charge is 0.401 e. The molecule has 0 aromatic heterocycles. The molecule has 0 heterocycles. The molecule has 0 aliphatic heterocycles. The molecular weight excluding hydrogens is 241 g/mol. The second-order valence-electron chi connectivity index (χ2n) is 5.72. The molecule has 0 aromatic carbocycles. The average Bonchev–Trinajstić information content (AvgIpc) is 2.22. The van der Waals surface area contributed by atoms with Gasteiger partial charge in [-0.05, 0) is 44.3 Å². The van der Waals surface area contributed by atoms with Gasteiger partial charge in [0, 0.05) is 0 Å². The Balaban J connectivity index is 3.91. The van der Waals surface area contributed by atoms with E-state index in [4.69, 9.17) is 5.73 Å². The molecule has 0 spiro atoms. The number of hydrogen-bond acceptors (Lipinski definition) is 2. The summed E-state index contributed by atoms with van der Waals surface area (Å²) in [6, 6.07) is 0. The third-order valence-corrected chi connectivity index (χ3v) is 3.07. The molecule has 0 atom stereocenters. The molecule has 0 amide bonds. The van der Waals surface area contributed by atoms with Crippen molar-refractivity contribution >= 4 is 0 Å². The standard InChI is InChI=1S/C13H27F3N2/c1-4-8-18(11-13(14,15)16)9-6-5-7-12(2,3)10-17/h4-11,17H2,1-3H3. The second kappa shape index (κ2) is 8.00. The maximum Gasteiger partial charge on any atom is 0.401 e. The molecule has 0 rings (SSSR count). The van der Waals surface area contributed by atoms with Crippen LogP contribution in [0.5, 0.6) is 0 Å². The van der Waals surface area contributed by atoms with Crippen LogP contribution >= 0.6 is 0 Å². The van der Waals surface area contributed by atoms with Gasteiger partial charge < -0.3 is 5.73 Å². The van der Waals surface area contributed by atoms with Gasteiger partial charge >= 0.3 is 6.18 Å². The van der Waals surface area contributed by atoms with Gasteiger partial charge in [0.15, 0.2) is 0 Å². The molecule has 0 fully saturated rings. The first-order valence-electron chi connectivity index (χ1n) is 6.69. The predicted molar refractivity (Wildman–Crippen MR) is 69.5 cm³/mol. The summed E-state index contributed by atoms with van der Waals surface area (Å²) in [4.78, 5) is 1.50. The van der Waals surface area contributed by atoms with E-state index in [-0.39, 0.29) is 5.41 Å². The molecule has 2 N–H and O–H groups in total. The zero-order valence-electron chi connectivity index (χ0n) is 11.8. The van der Waals surface area contributed by atoms with E-state index in [0.717, 1.165) is 25.7 Å². The van der Waals surface area contributed by atoms with Crippen molar-refractivity contribution in [2.24, 2.45) is 11.1 Å². The Kier molecular flexibility index (Phi) is 7.87. The molecule has 0 bridgehead atoms. The number of halogens is 3. The van der Waals surface area contributed by atoms with Crippen molar-refractivity contribution in [3.8, 4) is 0 Å². The average molecular weight is 268 g/mol. The van der Waals surface area contributed by atoms with Crippen LogP contribution in [0.15, 0.2) is 0 Å². The molecule has 0 unspecified atom stereocenters. The highest BCUT2D eigenvalue weighted by atomic mass is 19.4. The molecule has 18 heavy (non-hydrogen) atoms. The number of rotatable bonds is 9. The molecule has 110 valence electrons. The molecule has 0 aromatic rings. The van der Waals surface area contributed by atoms with Crippen molar-refractivity contribution in [3.63, 3.8) is 0 Å². The zero-order valence-corrected chi connectivity index (χ0v) is 11.8. The van der Waals surface area contributed by atoms with Crippen LogP contribution in [0.1, 0.15) is 46.5 Å². The van der Waals surface area contributed by atoms with Crippen LogP contribution < -0.4 is 5.73 Å². The predicted octanol–water partition coefficient (Wildman–Crippen LogP) is 3.42. The minimum atomic E-state index is -4.09. The van der Waals surface area contributed by atoms with Crippen LogP contribution in [0, 0.1) is 5.41 Å². The third kappa shape index (κ3) is 9.71. The zero-order chi connectivity index (χ0) is 14.2. The maximum absolute atomic E-state index is 12.3. The van der Waals surface area contributed by atoms with Gasteiger partial charge in [-0.1, -0.05) is 27.2 Å². The van der Waals surface area contributed by atoms with Crippen molar-refractivity contribution in [1.82, 2.24) is 4.90 Å². The van der Waals surface area contributed by atoms with Crippen molar-refractivity contribution in [1.29, 1.82) is 0 Å². The van der Waals surface area contributed by atoms with Gasteiger partial charge in [0.1, 0.15) is 0 Å². The molecule has 0 radical (unpaired) electrons. The number of hydrogen-bond donors (Lipinski definition) is 1. The number of unbranched alkanes of at least 4 members (excludes halogenated alkanes) is 1. The first kappa shape index (κ1) is 17.7. The molecule has 0 saturated carbocycles. The first-order valence-corrected chi connectivity index (χ1v) is 6.69. The minimum Gasteiger partial charge on any atom is -0.330 e. The van der Waals surface area contributed by atoms with E-state index in [9.17, 15) is 13.2 Å². The summed E-state index contributed by atoms with van der Waals surface area (Å²) < 4.78 is 37.0. The number of nitrogens with zero attached hydrogens (tertiary/aromatic N) is 1. The van der Waals surface area contributed by atoms with E-state index >= 15 is 0 Å². The monoisotopic (exact) mass is 268 g/mol. The molecule has 5 heteroatoms. The Morgan fingerprint density at radius 1 is 1.06 bits per heavy atom. The smallest absolute Gasteiger partial charge is 0.330 e. The quantitative estimate of drug-likeness (QED) is 0.649. The van der Waals surface area contributed by atoms with E-state index < -0.39 is 12.7 Å². The fourth-order valence-corrected chi connectivity index (χ4v) is 1.88.